The molecule has 1 saturated heterocycles. The maximum atomic E-state index is 13.1. The number of aryl methyl sites for hydroxylation is 2. The van der Waals surface area contributed by atoms with Gasteiger partial charge in [-0.25, -0.2) is 5.10 Å². The average Bonchev–Trinajstić information content (AvgIpc) is 3.28. The molecule has 158 valence electrons. The zero-order valence-electron chi connectivity index (χ0n) is 17.2. The number of benzene rings is 1. The summed E-state index contributed by atoms with van der Waals surface area (Å²) in [4.78, 5) is 26.6. The van der Waals surface area contributed by atoms with E-state index < -0.39 is 0 Å². The van der Waals surface area contributed by atoms with Crippen molar-refractivity contribution >= 4 is 17.4 Å². The number of aromatic amines is 1. The number of hydrogen-bond acceptors (Lipinski definition) is 6. The second-order valence-electron chi connectivity index (χ2n) is 8.15. The highest BCUT2D eigenvalue weighted by molar-refractivity contribution is 5.96. The lowest BCUT2D eigenvalue weighted by molar-refractivity contribution is -0.120. The van der Waals surface area contributed by atoms with E-state index in [4.69, 9.17) is 0 Å². The Bertz CT molecular complexity index is 1150. The van der Waals surface area contributed by atoms with Gasteiger partial charge in [0.15, 0.2) is 5.82 Å². The van der Waals surface area contributed by atoms with Crippen molar-refractivity contribution in [3.8, 4) is 11.3 Å². The van der Waals surface area contributed by atoms with Crippen LogP contribution in [0.15, 0.2) is 47.3 Å². The lowest BCUT2D eigenvalue weighted by Crippen LogP contribution is -2.41. The lowest BCUT2D eigenvalue weighted by atomic mass is 9.96. The molecule has 31 heavy (non-hydrogen) atoms. The Morgan fingerprint density at radius 2 is 2.00 bits per heavy atom. The number of amides is 1. The Hall–Kier alpha value is -3.55. The summed E-state index contributed by atoms with van der Waals surface area (Å²) in [6, 6.07) is 12.7. The molecule has 0 radical (unpaired) electrons. The van der Waals surface area contributed by atoms with Gasteiger partial charge in [0, 0.05) is 24.7 Å². The topological polar surface area (TPSA) is 104 Å². The SMILES string of the molecule is O=C(Nc1ccccc1-c1ccc(=O)[nH]n1)C1CCCN(c2cc3c(nn2)CCC3)C1. The third-order valence-corrected chi connectivity index (χ3v) is 6.06. The highest BCUT2D eigenvalue weighted by Crippen LogP contribution is 2.29. The second-order valence-corrected chi connectivity index (χ2v) is 8.15. The van der Waals surface area contributed by atoms with Gasteiger partial charge in [-0.05, 0) is 55.9 Å². The Labute approximate surface area is 179 Å². The van der Waals surface area contributed by atoms with E-state index in [1.807, 2.05) is 24.3 Å². The van der Waals surface area contributed by atoms with Crippen LogP contribution in [0.2, 0.25) is 0 Å². The summed E-state index contributed by atoms with van der Waals surface area (Å²) >= 11 is 0. The number of nitrogens with zero attached hydrogens (tertiary/aromatic N) is 4. The van der Waals surface area contributed by atoms with E-state index in [2.05, 4.69) is 36.7 Å². The third-order valence-electron chi connectivity index (χ3n) is 6.06. The van der Waals surface area contributed by atoms with Gasteiger partial charge in [0.25, 0.3) is 5.56 Å². The summed E-state index contributed by atoms with van der Waals surface area (Å²) in [6.45, 7) is 1.51. The zero-order valence-corrected chi connectivity index (χ0v) is 17.2. The number of aromatic nitrogens is 4. The Kier molecular flexibility index (Phi) is 5.19. The molecule has 3 heterocycles. The minimum Gasteiger partial charge on any atom is -0.354 e. The maximum Gasteiger partial charge on any atom is 0.264 e. The fourth-order valence-electron chi connectivity index (χ4n) is 4.42. The van der Waals surface area contributed by atoms with E-state index in [0.29, 0.717) is 17.9 Å². The van der Waals surface area contributed by atoms with Crippen LogP contribution < -0.4 is 15.8 Å². The number of H-pyrrole nitrogens is 1. The van der Waals surface area contributed by atoms with E-state index in [1.165, 1.54) is 11.6 Å². The second kappa shape index (κ2) is 8.29. The highest BCUT2D eigenvalue weighted by atomic mass is 16.2. The summed E-state index contributed by atoms with van der Waals surface area (Å²) < 4.78 is 0. The van der Waals surface area contributed by atoms with E-state index >= 15 is 0 Å². The number of para-hydroxylation sites is 1. The van der Waals surface area contributed by atoms with E-state index in [9.17, 15) is 9.59 Å². The van der Waals surface area contributed by atoms with Crippen LogP contribution in [0.5, 0.6) is 0 Å². The molecule has 0 saturated carbocycles. The van der Waals surface area contributed by atoms with Crippen molar-refractivity contribution in [1.29, 1.82) is 0 Å². The van der Waals surface area contributed by atoms with Crippen LogP contribution in [0.25, 0.3) is 11.3 Å². The molecule has 1 aliphatic heterocycles. The molecule has 0 bridgehead atoms. The first kappa shape index (κ1) is 19.4. The Morgan fingerprint density at radius 1 is 1.10 bits per heavy atom. The monoisotopic (exact) mass is 416 g/mol. The molecule has 1 atom stereocenters. The van der Waals surface area contributed by atoms with Crippen molar-refractivity contribution in [2.75, 3.05) is 23.3 Å². The lowest BCUT2D eigenvalue weighted by Gasteiger charge is -2.32. The van der Waals surface area contributed by atoms with E-state index in [1.54, 1.807) is 6.07 Å². The summed E-state index contributed by atoms with van der Waals surface area (Å²) in [5.41, 5.74) is 4.20. The normalized spacial score (nSPS) is 17.9. The molecule has 2 aromatic heterocycles. The minimum atomic E-state index is -0.262. The minimum absolute atomic E-state index is 0.0179. The fourth-order valence-corrected chi connectivity index (χ4v) is 4.42. The van der Waals surface area contributed by atoms with Gasteiger partial charge in [0.2, 0.25) is 5.91 Å². The van der Waals surface area contributed by atoms with Gasteiger partial charge in [-0.3, -0.25) is 9.59 Å². The molecule has 1 aliphatic carbocycles. The maximum absolute atomic E-state index is 13.1. The molecule has 1 amide bonds. The predicted octanol–water partition coefficient (Wildman–Crippen LogP) is 2.57. The smallest absolute Gasteiger partial charge is 0.264 e. The van der Waals surface area contributed by atoms with Gasteiger partial charge in [0.1, 0.15) is 0 Å². The van der Waals surface area contributed by atoms with Gasteiger partial charge in [-0.1, -0.05) is 18.2 Å². The van der Waals surface area contributed by atoms with Crippen LogP contribution in [0, 0.1) is 5.92 Å². The number of rotatable bonds is 4. The van der Waals surface area contributed by atoms with Crippen LogP contribution in [-0.4, -0.2) is 39.4 Å². The summed E-state index contributed by atoms with van der Waals surface area (Å²) in [7, 11) is 0. The molecule has 3 aromatic rings. The van der Waals surface area contributed by atoms with Crippen molar-refractivity contribution in [2.45, 2.75) is 32.1 Å². The number of carbonyl (C=O) groups excluding carboxylic acids is 1. The number of nitrogens with one attached hydrogen (secondary N) is 2. The first-order valence-corrected chi connectivity index (χ1v) is 10.7. The average molecular weight is 416 g/mol. The summed E-state index contributed by atoms with van der Waals surface area (Å²) in [5.74, 6) is 0.715. The zero-order chi connectivity index (χ0) is 21.2. The van der Waals surface area contributed by atoms with Gasteiger partial charge in [-0.15, -0.1) is 5.10 Å². The van der Waals surface area contributed by atoms with Crippen molar-refractivity contribution in [1.82, 2.24) is 20.4 Å². The van der Waals surface area contributed by atoms with E-state index in [-0.39, 0.29) is 17.4 Å². The van der Waals surface area contributed by atoms with Crippen LogP contribution >= 0.6 is 0 Å². The fraction of sp³-hybridized carbons (Fsp3) is 0.348. The standard InChI is InChI=1S/C23H24N6O2/c30-22-11-10-20(26-28-22)17-7-1-2-8-19(17)24-23(31)16-6-4-12-29(14-16)21-13-15-5-3-9-18(15)25-27-21/h1-2,7-8,10-11,13,16H,3-6,9,12,14H2,(H,24,31)(H,28,30). The molecular weight excluding hydrogens is 392 g/mol. The Morgan fingerprint density at radius 3 is 2.87 bits per heavy atom. The van der Waals surface area contributed by atoms with Crippen LogP contribution in [0.4, 0.5) is 11.5 Å². The number of hydrogen-bond donors (Lipinski definition) is 2. The van der Waals surface area contributed by atoms with Gasteiger partial charge < -0.3 is 10.2 Å². The van der Waals surface area contributed by atoms with E-state index in [0.717, 1.165) is 55.7 Å². The Balaban J connectivity index is 1.32. The highest BCUT2D eigenvalue weighted by Gasteiger charge is 2.28. The molecule has 2 N–H and O–H groups in total. The molecule has 0 spiro atoms. The van der Waals surface area contributed by atoms with Crippen molar-refractivity contribution in [3.05, 3.63) is 64.1 Å². The van der Waals surface area contributed by atoms with Crippen LogP contribution in [-0.2, 0) is 17.6 Å². The summed E-state index contributed by atoms with van der Waals surface area (Å²) in [6.07, 6.45) is 4.98. The molecule has 5 rings (SSSR count). The molecule has 8 heteroatoms. The van der Waals surface area contributed by atoms with Crippen LogP contribution in [0.3, 0.4) is 0 Å². The molecule has 8 nitrogen and oxygen atoms in total. The third kappa shape index (κ3) is 4.05. The number of fused-ring (bicyclic) bond motifs is 1. The first-order chi connectivity index (χ1) is 15.2. The summed E-state index contributed by atoms with van der Waals surface area (Å²) in [5, 5.41) is 18.4. The molecule has 1 unspecified atom stereocenters. The van der Waals surface area contributed by atoms with Gasteiger partial charge in [-0.2, -0.15) is 10.2 Å². The van der Waals surface area contributed by atoms with Crippen molar-refractivity contribution in [2.24, 2.45) is 5.92 Å². The first-order valence-electron chi connectivity index (χ1n) is 10.7. The predicted molar refractivity (Wildman–Crippen MR) is 118 cm³/mol. The molecule has 1 fully saturated rings. The number of anilines is 2. The van der Waals surface area contributed by atoms with Crippen LogP contribution in [0.1, 0.15) is 30.5 Å². The number of piperidine rings is 1. The molecule has 2 aliphatic rings. The quantitative estimate of drug-likeness (QED) is 0.678. The molecule has 1 aromatic carbocycles. The van der Waals surface area contributed by atoms with Crippen molar-refractivity contribution < 1.29 is 4.79 Å². The largest absolute Gasteiger partial charge is 0.354 e. The molecular formula is C23H24N6O2. The van der Waals surface area contributed by atoms with Gasteiger partial charge in [0.05, 0.1) is 23.0 Å². The van der Waals surface area contributed by atoms with Gasteiger partial charge >= 0.3 is 0 Å². The van der Waals surface area contributed by atoms with Crippen molar-refractivity contribution in [3.63, 3.8) is 0 Å². The number of carbonyl (C=O) groups is 1.